The van der Waals surface area contributed by atoms with Gasteiger partial charge in [0.2, 0.25) is 0 Å². The second-order valence-electron chi connectivity index (χ2n) is 9.07. The molecule has 0 radical (unpaired) electrons. The lowest BCUT2D eigenvalue weighted by atomic mass is 9.87. The van der Waals surface area contributed by atoms with Crippen LogP contribution < -0.4 is 5.32 Å². The Labute approximate surface area is 178 Å². The van der Waals surface area contributed by atoms with Gasteiger partial charge in [0.25, 0.3) is 0 Å². The Balaban J connectivity index is 1.32. The Morgan fingerprint density at radius 1 is 1.07 bits per heavy atom. The second kappa shape index (κ2) is 8.66. The number of halogens is 1. The van der Waals surface area contributed by atoms with E-state index in [-0.39, 0.29) is 23.9 Å². The summed E-state index contributed by atoms with van der Waals surface area (Å²) in [6.07, 6.45) is 5.49. The quantitative estimate of drug-likeness (QED) is 0.730. The monoisotopic (exact) mass is 410 g/mol. The van der Waals surface area contributed by atoms with E-state index in [0.29, 0.717) is 6.61 Å². The molecule has 3 unspecified atom stereocenters. The number of hydrogen-bond donors (Lipinski definition) is 2. The second-order valence-corrected chi connectivity index (χ2v) is 9.07. The standard InChI is InChI=1S/C25H31FN2O2/c26-18-7-8-24-22(14-18)25-21(20-5-1-2-6-23(20)27-24)15-19(30-25)16-28-11-9-17(10-12-28)4-3-13-29/h1-2,5-8,14,17,19,21,25,27,29H,3-4,9-13,15-16H2. The van der Waals surface area contributed by atoms with Crippen LogP contribution >= 0.6 is 0 Å². The molecule has 3 aliphatic heterocycles. The molecule has 2 N–H and O–H groups in total. The first-order valence-corrected chi connectivity index (χ1v) is 11.4. The van der Waals surface area contributed by atoms with E-state index in [1.165, 1.54) is 24.5 Å². The van der Waals surface area contributed by atoms with Crippen LogP contribution in [0.25, 0.3) is 0 Å². The van der Waals surface area contributed by atoms with E-state index in [2.05, 4.69) is 28.4 Å². The van der Waals surface area contributed by atoms with Crippen molar-refractivity contribution in [3.8, 4) is 0 Å². The minimum atomic E-state index is -0.211. The van der Waals surface area contributed by atoms with Crippen LogP contribution in [0.1, 0.15) is 55.3 Å². The Morgan fingerprint density at radius 2 is 1.87 bits per heavy atom. The molecule has 0 aromatic heterocycles. The van der Waals surface area contributed by atoms with Gasteiger partial charge in [0, 0.05) is 36.0 Å². The summed E-state index contributed by atoms with van der Waals surface area (Å²) >= 11 is 0. The molecule has 3 atom stereocenters. The number of nitrogens with zero attached hydrogens (tertiary/aromatic N) is 1. The van der Waals surface area contributed by atoms with Crippen molar-refractivity contribution in [1.29, 1.82) is 0 Å². The molecule has 5 rings (SSSR count). The van der Waals surface area contributed by atoms with Crippen LogP contribution in [-0.2, 0) is 4.74 Å². The predicted molar refractivity (Wildman–Crippen MR) is 117 cm³/mol. The number of piperidine rings is 1. The molecular formula is C25H31FN2O2. The number of rotatable bonds is 5. The van der Waals surface area contributed by atoms with Crippen LogP contribution in [0, 0.1) is 11.7 Å². The molecule has 0 saturated carbocycles. The first-order valence-electron chi connectivity index (χ1n) is 11.4. The molecule has 2 aromatic carbocycles. The van der Waals surface area contributed by atoms with Crippen LogP contribution in [0.3, 0.4) is 0 Å². The van der Waals surface area contributed by atoms with Crippen LogP contribution in [-0.4, -0.2) is 42.4 Å². The van der Waals surface area contributed by atoms with Gasteiger partial charge in [-0.05, 0) is 80.9 Å². The van der Waals surface area contributed by atoms with Gasteiger partial charge in [-0.3, -0.25) is 0 Å². The molecule has 5 heteroatoms. The zero-order valence-electron chi connectivity index (χ0n) is 17.4. The number of anilines is 2. The van der Waals surface area contributed by atoms with Gasteiger partial charge in [0.1, 0.15) is 5.82 Å². The van der Waals surface area contributed by atoms with E-state index in [9.17, 15) is 4.39 Å². The molecule has 0 spiro atoms. The third-order valence-electron chi connectivity index (χ3n) is 7.11. The lowest BCUT2D eigenvalue weighted by molar-refractivity contribution is 0.0128. The van der Waals surface area contributed by atoms with Crippen LogP contribution in [0.4, 0.5) is 15.8 Å². The minimum absolute atomic E-state index is 0.112. The summed E-state index contributed by atoms with van der Waals surface area (Å²) in [5, 5.41) is 12.6. The molecule has 0 amide bonds. The number of benzene rings is 2. The zero-order chi connectivity index (χ0) is 20.5. The Hall–Kier alpha value is -1.95. The highest BCUT2D eigenvalue weighted by atomic mass is 19.1. The van der Waals surface area contributed by atoms with Crippen LogP contribution in [0.5, 0.6) is 0 Å². The van der Waals surface area contributed by atoms with Crippen molar-refractivity contribution in [3.63, 3.8) is 0 Å². The van der Waals surface area contributed by atoms with Crippen molar-refractivity contribution in [2.24, 2.45) is 5.92 Å². The van der Waals surface area contributed by atoms with Gasteiger partial charge >= 0.3 is 0 Å². The molecule has 30 heavy (non-hydrogen) atoms. The van der Waals surface area contributed by atoms with Gasteiger partial charge in [-0.2, -0.15) is 0 Å². The van der Waals surface area contributed by atoms with Crippen molar-refractivity contribution < 1.29 is 14.2 Å². The molecular weight excluding hydrogens is 379 g/mol. The average molecular weight is 411 g/mol. The average Bonchev–Trinajstić information content (AvgIpc) is 3.13. The molecule has 3 aliphatic rings. The van der Waals surface area contributed by atoms with Gasteiger partial charge in [-0.15, -0.1) is 0 Å². The van der Waals surface area contributed by atoms with Crippen molar-refractivity contribution in [3.05, 3.63) is 59.4 Å². The van der Waals surface area contributed by atoms with Gasteiger partial charge in [0.05, 0.1) is 12.2 Å². The fourth-order valence-corrected chi connectivity index (χ4v) is 5.55. The molecule has 4 nitrogen and oxygen atoms in total. The maximum absolute atomic E-state index is 14.1. The fraction of sp³-hybridized carbons (Fsp3) is 0.520. The van der Waals surface area contributed by atoms with E-state index in [4.69, 9.17) is 9.84 Å². The summed E-state index contributed by atoms with van der Waals surface area (Å²) in [6.45, 7) is 3.46. The minimum Gasteiger partial charge on any atom is -0.396 e. The third-order valence-corrected chi connectivity index (χ3v) is 7.11. The molecule has 160 valence electrons. The predicted octanol–water partition coefficient (Wildman–Crippen LogP) is 4.98. The molecule has 0 aliphatic carbocycles. The molecule has 2 fully saturated rings. The Morgan fingerprint density at radius 3 is 2.70 bits per heavy atom. The van der Waals surface area contributed by atoms with Crippen LogP contribution in [0.15, 0.2) is 42.5 Å². The van der Waals surface area contributed by atoms with E-state index in [1.807, 2.05) is 12.1 Å². The summed E-state index contributed by atoms with van der Waals surface area (Å²) in [5.41, 5.74) is 4.25. The molecule has 2 aromatic rings. The number of hydrogen-bond acceptors (Lipinski definition) is 4. The first kappa shape index (κ1) is 20.0. The summed E-state index contributed by atoms with van der Waals surface area (Å²) < 4.78 is 20.7. The summed E-state index contributed by atoms with van der Waals surface area (Å²) in [4.78, 5) is 2.53. The zero-order valence-corrected chi connectivity index (χ0v) is 17.4. The van der Waals surface area contributed by atoms with Crippen molar-refractivity contribution in [2.45, 2.75) is 50.2 Å². The van der Waals surface area contributed by atoms with Gasteiger partial charge in [-0.1, -0.05) is 18.2 Å². The number of nitrogens with one attached hydrogen (secondary N) is 1. The normalized spacial score (nSPS) is 26.4. The number of ether oxygens (including phenoxy) is 1. The largest absolute Gasteiger partial charge is 0.396 e. The lowest BCUT2D eigenvalue weighted by Gasteiger charge is -2.33. The number of fused-ring (bicyclic) bond motifs is 5. The Kier molecular flexibility index (Phi) is 5.77. The van der Waals surface area contributed by atoms with E-state index < -0.39 is 0 Å². The van der Waals surface area contributed by atoms with E-state index >= 15 is 0 Å². The maximum Gasteiger partial charge on any atom is 0.123 e. The van der Waals surface area contributed by atoms with E-state index in [1.54, 1.807) is 6.07 Å². The number of aliphatic hydroxyl groups is 1. The van der Waals surface area contributed by atoms with Gasteiger partial charge in [0.15, 0.2) is 0 Å². The first-order chi connectivity index (χ1) is 14.7. The van der Waals surface area contributed by atoms with E-state index in [0.717, 1.165) is 61.8 Å². The topological polar surface area (TPSA) is 44.7 Å². The summed E-state index contributed by atoms with van der Waals surface area (Å²) in [5.74, 6) is 0.776. The van der Waals surface area contributed by atoms with Gasteiger partial charge < -0.3 is 20.1 Å². The van der Waals surface area contributed by atoms with Crippen molar-refractivity contribution in [1.82, 2.24) is 4.90 Å². The molecule has 0 bridgehead atoms. The number of aliphatic hydroxyl groups excluding tert-OH is 1. The highest BCUT2D eigenvalue weighted by Crippen LogP contribution is 2.51. The summed E-state index contributed by atoms with van der Waals surface area (Å²) in [7, 11) is 0. The van der Waals surface area contributed by atoms with Crippen molar-refractivity contribution >= 4 is 11.4 Å². The van der Waals surface area contributed by atoms with Crippen LogP contribution in [0.2, 0.25) is 0 Å². The van der Waals surface area contributed by atoms with Crippen molar-refractivity contribution in [2.75, 3.05) is 31.6 Å². The lowest BCUT2D eigenvalue weighted by Crippen LogP contribution is -2.38. The fourth-order valence-electron chi connectivity index (χ4n) is 5.55. The molecule has 3 heterocycles. The smallest absolute Gasteiger partial charge is 0.123 e. The number of para-hydroxylation sites is 1. The third kappa shape index (κ3) is 3.98. The highest BCUT2D eigenvalue weighted by molar-refractivity contribution is 5.70. The van der Waals surface area contributed by atoms with Gasteiger partial charge in [-0.25, -0.2) is 4.39 Å². The number of likely N-dealkylation sites (tertiary alicyclic amines) is 1. The maximum atomic E-state index is 14.1. The Bertz CT molecular complexity index is 881. The molecule has 2 saturated heterocycles. The highest BCUT2D eigenvalue weighted by Gasteiger charge is 2.41. The SMILES string of the molecule is OCCCC1CCN(CC2CC3c4ccccc4Nc4ccc(F)cc4C3O2)CC1. The summed E-state index contributed by atoms with van der Waals surface area (Å²) in [6, 6.07) is 13.4.